The molecule has 3 aromatic heterocycles. The maximum Gasteiger partial charge on any atom is 0.101 e. The second kappa shape index (κ2) is 10.2. The zero-order chi connectivity index (χ0) is 32.6. The average Bonchev–Trinajstić information content (AvgIpc) is 3.80. The summed E-state index contributed by atoms with van der Waals surface area (Å²) in [7, 11) is 0. The standard InChI is InChI=1S/C44H25N5/c45-26-28-19-22-38-35(25-28)42-39(47(38)30-12-3-1-4-13-30)23-20-33-32-21-24-40-41(43(32)48(44(33)42)31-14-5-2-6-15-31)34-16-8-10-18-37(34)49(40)36-17-9-7-11-29(36)27-46/h1-25H. The quantitative estimate of drug-likeness (QED) is 0.197. The lowest BCUT2D eigenvalue weighted by Crippen LogP contribution is -1.97. The van der Waals surface area contributed by atoms with Crippen LogP contribution in [-0.4, -0.2) is 13.7 Å². The van der Waals surface area contributed by atoms with E-state index in [1.54, 1.807) is 0 Å². The van der Waals surface area contributed by atoms with Crippen molar-refractivity contribution in [3.8, 4) is 29.2 Å². The van der Waals surface area contributed by atoms with Gasteiger partial charge in [-0.05, 0) is 72.8 Å². The van der Waals surface area contributed by atoms with Crippen LogP contribution in [0.25, 0.3) is 82.5 Å². The van der Waals surface area contributed by atoms with E-state index in [-0.39, 0.29) is 0 Å². The number of rotatable bonds is 3. The molecule has 0 aliphatic rings. The fraction of sp³-hybridized carbons (Fsp3) is 0. The molecule has 0 atom stereocenters. The molecule has 0 aliphatic heterocycles. The first-order valence-corrected chi connectivity index (χ1v) is 16.2. The number of fused-ring (bicyclic) bond motifs is 11. The van der Waals surface area contributed by atoms with E-state index in [2.05, 4.69) is 129 Å². The highest BCUT2D eigenvalue weighted by atomic mass is 15.0. The van der Waals surface area contributed by atoms with Gasteiger partial charge in [-0.1, -0.05) is 78.9 Å². The van der Waals surface area contributed by atoms with Crippen LogP contribution >= 0.6 is 0 Å². The SMILES string of the molecule is N#Cc1ccc2c(c1)c1c(ccc3c4ccc5c(c6ccccc6n5-c5ccccc5C#N)c4n(-c4ccccc4)c31)n2-c1ccccc1. The van der Waals surface area contributed by atoms with Crippen molar-refractivity contribution in [3.63, 3.8) is 0 Å². The molecule has 0 saturated carbocycles. The molecular formula is C44H25N5. The molecule has 0 aliphatic carbocycles. The van der Waals surface area contributed by atoms with E-state index in [1.807, 2.05) is 48.5 Å². The molecule has 0 radical (unpaired) electrons. The van der Waals surface area contributed by atoms with Crippen LogP contribution in [0.2, 0.25) is 0 Å². The number of para-hydroxylation sites is 4. The Morgan fingerprint density at radius 2 is 0.939 bits per heavy atom. The lowest BCUT2D eigenvalue weighted by molar-refractivity contribution is 1.16. The van der Waals surface area contributed by atoms with Gasteiger partial charge in [0, 0.05) is 43.7 Å². The van der Waals surface area contributed by atoms with Crippen LogP contribution in [0.3, 0.4) is 0 Å². The molecule has 5 nitrogen and oxygen atoms in total. The van der Waals surface area contributed by atoms with Crippen molar-refractivity contribution in [2.75, 3.05) is 0 Å². The topological polar surface area (TPSA) is 62.4 Å². The molecule has 0 saturated heterocycles. The first-order valence-electron chi connectivity index (χ1n) is 16.2. The second-order valence-electron chi connectivity index (χ2n) is 12.4. The van der Waals surface area contributed by atoms with Gasteiger partial charge in [0.1, 0.15) is 6.07 Å². The molecule has 49 heavy (non-hydrogen) atoms. The Balaban J connectivity index is 1.48. The second-order valence-corrected chi connectivity index (χ2v) is 12.4. The number of hydrogen-bond donors (Lipinski definition) is 0. The number of nitrogens with zero attached hydrogens (tertiary/aromatic N) is 5. The van der Waals surface area contributed by atoms with Crippen LogP contribution in [0.15, 0.2) is 152 Å². The Morgan fingerprint density at radius 3 is 1.63 bits per heavy atom. The highest BCUT2D eigenvalue weighted by Crippen LogP contribution is 2.46. The summed E-state index contributed by atoms with van der Waals surface area (Å²) in [5.41, 5.74) is 10.6. The maximum absolute atomic E-state index is 10.1. The lowest BCUT2D eigenvalue weighted by Gasteiger charge is -2.11. The molecular weight excluding hydrogens is 599 g/mol. The maximum atomic E-state index is 10.1. The van der Waals surface area contributed by atoms with E-state index in [9.17, 15) is 10.5 Å². The van der Waals surface area contributed by atoms with Gasteiger partial charge in [0.25, 0.3) is 0 Å². The number of benzene rings is 7. The summed E-state index contributed by atoms with van der Waals surface area (Å²) in [5.74, 6) is 0. The first-order chi connectivity index (χ1) is 24.3. The van der Waals surface area contributed by atoms with E-state index < -0.39 is 0 Å². The summed E-state index contributed by atoms with van der Waals surface area (Å²) in [5, 5.41) is 26.8. The van der Waals surface area contributed by atoms with Gasteiger partial charge in [-0.15, -0.1) is 0 Å². The molecule has 5 heteroatoms. The molecule has 0 N–H and O–H groups in total. The van der Waals surface area contributed by atoms with Crippen molar-refractivity contribution < 1.29 is 0 Å². The molecule has 0 amide bonds. The van der Waals surface area contributed by atoms with Gasteiger partial charge in [-0.3, -0.25) is 0 Å². The minimum absolute atomic E-state index is 0.623. The third-order valence-corrected chi connectivity index (χ3v) is 9.88. The summed E-state index contributed by atoms with van der Waals surface area (Å²) in [4.78, 5) is 0. The normalized spacial score (nSPS) is 11.6. The highest BCUT2D eigenvalue weighted by molar-refractivity contribution is 6.31. The van der Waals surface area contributed by atoms with Crippen molar-refractivity contribution >= 4 is 65.4 Å². The minimum atomic E-state index is 0.623. The summed E-state index contributed by atoms with van der Waals surface area (Å²) in [6, 6.07) is 57.0. The van der Waals surface area contributed by atoms with Gasteiger partial charge in [-0.2, -0.15) is 10.5 Å². The van der Waals surface area contributed by atoms with Gasteiger partial charge in [0.05, 0.1) is 56.0 Å². The van der Waals surface area contributed by atoms with Gasteiger partial charge in [0.2, 0.25) is 0 Å². The number of hydrogen-bond acceptors (Lipinski definition) is 2. The van der Waals surface area contributed by atoms with Crippen molar-refractivity contribution in [3.05, 3.63) is 163 Å². The Kier molecular flexibility index (Phi) is 5.64. The zero-order valence-electron chi connectivity index (χ0n) is 26.2. The van der Waals surface area contributed by atoms with Crippen LogP contribution in [-0.2, 0) is 0 Å². The third kappa shape index (κ3) is 3.67. The predicted octanol–water partition coefficient (Wildman–Crippen LogP) is 10.7. The van der Waals surface area contributed by atoms with Gasteiger partial charge in [-0.25, -0.2) is 0 Å². The fourth-order valence-electron chi connectivity index (χ4n) is 7.93. The predicted molar refractivity (Wildman–Crippen MR) is 199 cm³/mol. The van der Waals surface area contributed by atoms with Gasteiger partial charge in [0.15, 0.2) is 0 Å². The molecule has 226 valence electrons. The van der Waals surface area contributed by atoms with Crippen molar-refractivity contribution in [2.45, 2.75) is 0 Å². The van der Waals surface area contributed by atoms with Gasteiger partial charge < -0.3 is 13.7 Å². The Hall–Kier alpha value is -7.08. The van der Waals surface area contributed by atoms with Crippen molar-refractivity contribution in [1.29, 1.82) is 10.5 Å². The van der Waals surface area contributed by atoms with Crippen LogP contribution < -0.4 is 0 Å². The van der Waals surface area contributed by atoms with E-state index in [0.29, 0.717) is 11.1 Å². The van der Waals surface area contributed by atoms with Crippen molar-refractivity contribution in [1.82, 2.24) is 13.7 Å². The highest BCUT2D eigenvalue weighted by Gasteiger charge is 2.25. The van der Waals surface area contributed by atoms with Crippen LogP contribution in [0.5, 0.6) is 0 Å². The monoisotopic (exact) mass is 623 g/mol. The van der Waals surface area contributed by atoms with E-state index >= 15 is 0 Å². The smallest absolute Gasteiger partial charge is 0.101 e. The molecule has 0 fully saturated rings. The molecule has 10 aromatic rings. The van der Waals surface area contributed by atoms with Gasteiger partial charge >= 0.3 is 0 Å². The zero-order valence-corrected chi connectivity index (χ0v) is 26.2. The largest absolute Gasteiger partial charge is 0.309 e. The number of aromatic nitrogens is 3. The van der Waals surface area contributed by atoms with E-state index in [1.165, 1.54) is 0 Å². The van der Waals surface area contributed by atoms with E-state index in [4.69, 9.17) is 0 Å². The third-order valence-electron chi connectivity index (χ3n) is 9.88. The summed E-state index contributed by atoms with van der Waals surface area (Å²) < 4.78 is 6.94. The molecule has 3 heterocycles. The van der Waals surface area contributed by atoms with Crippen LogP contribution in [0, 0.1) is 22.7 Å². The molecule has 10 rings (SSSR count). The lowest BCUT2D eigenvalue weighted by atomic mass is 10.0. The Morgan fingerprint density at radius 1 is 0.388 bits per heavy atom. The first kappa shape index (κ1) is 27.1. The molecule has 7 aromatic carbocycles. The number of nitriles is 2. The Labute approximate surface area is 280 Å². The van der Waals surface area contributed by atoms with Crippen LogP contribution in [0.4, 0.5) is 0 Å². The van der Waals surface area contributed by atoms with Crippen molar-refractivity contribution in [2.24, 2.45) is 0 Å². The summed E-state index contributed by atoms with van der Waals surface area (Å²) in [6.07, 6.45) is 0. The summed E-state index contributed by atoms with van der Waals surface area (Å²) in [6.45, 7) is 0. The fourth-order valence-corrected chi connectivity index (χ4v) is 7.93. The minimum Gasteiger partial charge on any atom is -0.309 e. The van der Waals surface area contributed by atoms with Crippen LogP contribution in [0.1, 0.15) is 11.1 Å². The van der Waals surface area contributed by atoms with E-state index in [0.717, 1.165) is 82.5 Å². The molecule has 0 spiro atoms. The molecule has 0 unspecified atom stereocenters. The Bertz CT molecular complexity index is 3050. The average molecular weight is 624 g/mol. The molecule has 0 bridgehead atoms. The summed E-state index contributed by atoms with van der Waals surface area (Å²) >= 11 is 0.